The maximum Gasteiger partial charge on any atom is 0.419 e. The number of nitrogens with one attached hydrogen (secondary N) is 4. The number of alkyl halides is 3. The summed E-state index contributed by atoms with van der Waals surface area (Å²) in [5, 5.41) is 7.16. The van der Waals surface area contributed by atoms with Gasteiger partial charge in [0.1, 0.15) is 5.82 Å². The number of sulfonamides is 1. The lowest BCUT2D eigenvalue weighted by Crippen LogP contribution is -2.40. The Bertz CT molecular complexity index is 1390. The topological polar surface area (TPSA) is 116 Å². The molecular formula is C24H22F4N4O4S. The second kappa shape index (κ2) is 11.3. The number of urea groups is 2. The van der Waals surface area contributed by atoms with E-state index < -0.39 is 39.6 Å². The van der Waals surface area contributed by atoms with E-state index in [-0.39, 0.29) is 17.1 Å². The lowest BCUT2D eigenvalue weighted by atomic mass is 10.1. The molecule has 4 N–H and O–H groups in total. The first kappa shape index (κ1) is 27.5. The van der Waals surface area contributed by atoms with Crippen molar-refractivity contribution in [2.24, 2.45) is 0 Å². The monoisotopic (exact) mass is 538 g/mol. The van der Waals surface area contributed by atoms with Gasteiger partial charge in [-0.3, -0.25) is 0 Å². The van der Waals surface area contributed by atoms with Crippen molar-refractivity contribution in [1.29, 1.82) is 0 Å². The zero-order valence-electron chi connectivity index (χ0n) is 19.3. The summed E-state index contributed by atoms with van der Waals surface area (Å²) in [6.45, 7) is 1.74. The van der Waals surface area contributed by atoms with E-state index in [9.17, 15) is 35.6 Å². The summed E-state index contributed by atoms with van der Waals surface area (Å²) in [7, 11) is -4.02. The first-order chi connectivity index (χ1) is 17.3. The summed E-state index contributed by atoms with van der Waals surface area (Å²) in [6, 6.07) is 13.0. The molecule has 0 unspecified atom stereocenters. The highest BCUT2D eigenvalue weighted by Gasteiger charge is 2.34. The van der Waals surface area contributed by atoms with E-state index in [0.717, 1.165) is 11.6 Å². The molecule has 3 rings (SSSR count). The molecule has 0 spiro atoms. The molecule has 0 saturated carbocycles. The normalized spacial score (nSPS) is 11.5. The van der Waals surface area contributed by atoms with Crippen molar-refractivity contribution in [1.82, 2.24) is 10.0 Å². The summed E-state index contributed by atoms with van der Waals surface area (Å²) >= 11 is 0. The standard InChI is InChI=1S/C24H22F4N4O4S/c1-15-4-2-3-5-21(15)37(35,36)32-22(33)29-13-12-16-6-8-17(9-7-16)30-23(34)31-18-10-11-19(20(25)14-18)24(26,27)28/h2-11,14H,12-13H2,1H3,(H2,29,32,33)(H2,30,31,34). The zero-order valence-corrected chi connectivity index (χ0v) is 20.1. The fraction of sp³-hybridized carbons (Fsp3) is 0.167. The second-order valence-corrected chi connectivity index (χ2v) is 9.50. The summed E-state index contributed by atoms with van der Waals surface area (Å²) in [6.07, 6.45) is -4.49. The molecule has 3 aromatic rings. The predicted molar refractivity (Wildman–Crippen MR) is 129 cm³/mol. The fourth-order valence-electron chi connectivity index (χ4n) is 3.26. The number of hydrogen-bond acceptors (Lipinski definition) is 4. The Morgan fingerprint density at radius 2 is 1.49 bits per heavy atom. The van der Waals surface area contributed by atoms with Gasteiger partial charge in [0.25, 0.3) is 10.0 Å². The van der Waals surface area contributed by atoms with Gasteiger partial charge in [0.15, 0.2) is 0 Å². The Hall–Kier alpha value is -4.13. The van der Waals surface area contributed by atoms with E-state index >= 15 is 0 Å². The Labute approximate surface area is 210 Å². The third-order valence-corrected chi connectivity index (χ3v) is 6.54. The molecule has 4 amide bonds. The molecule has 196 valence electrons. The third-order valence-electron chi connectivity index (χ3n) is 5.05. The zero-order chi connectivity index (χ0) is 27.2. The lowest BCUT2D eigenvalue weighted by molar-refractivity contribution is -0.139. The van der Waals surface area contributed by atoms with Crippen LogP contribution in [0.25, 0.3) is 0 Å². The Kier molecular flexibility index (Phi) is 8.38. The molecule has 0 aliphatic rings. The van der Waals surface area contributed by atoms with E-state index in [1.807, 2.05) is 4.72 Å². The van der Waals surface area contributed by atoms with Crippen molar-refractivity contribution >= 4 is 33.5 Å². The number of carbonyl (C=O) groups is 2. The molecule has 0 fully saturated rings. The number of rotatable bonds is 7. The Balaban J connectivity index is 1.47. The minimum Gasteiger partial charge on any atom is -0.337 e. The number of carbonyl (C=O) groups excluding carboxylic acids is 2. The molecule has 37 heavy (non-hydrogen) atoms. The SMILES string of the molecule is Cc1ccccc1S(=O)(=O)NC(=O)NCCc1ccc(NC(=O)Nc2ccc(C(F)(F)F)c(F)c2)cc1. The minimum atomic E-state index is -4.84. The van der Waals surface area contributed by atoms with E-state index in [2.05, 4.69) is 16.0 Å². The maximum atomic E-state index is 13.6. The van der Waals surface area contributed by atoms with Crippen LogP contribution in [0, 0.1) is 12.7 Å². The molecule has 13 heteroatoms. The van der Waals surface area contributed by atoms with Crippen LogP contribution in [0.4, 0.5) is 38.5 Å². The summed E-state index contributed by atoms with van der Waals surface area (Å²) in [5.41, 5.74) is 0.0144. The molecule has 0 aliphatic heterocycles. The highest BCUT2D eigenvalue weighted by Crippen LogP contribution is 2.32. The van der Waals surface area contributed by atoms with Crippen molar-refractivity contribution in [2.75, 3.05) is 17.2 Å². The Morgan fingerprint density at radius 3 is 2.11 bits per heavy atom. The van der Waals surface area contributed by atoms with Gasteiger partial charge in [-0.15, -0.1) is 0 Å². The molecule has 0 atom stereocenters. The molecule has 0 aliphatic carbocycles. The molecular weight excluding hydrogens is 516 g/mol. The first-order valence-electron chi connectivity index (χ1n) is 10.7. The van der Waals surface area contributed by atoms with Crippen molar-refractivity contribution < 1.29 is 35.6 Å². The highest BCUT2D eigenvalue weighted by molar-refractivity contribution is 7.90. The van der Waals surface area contributed by atoms with E-state index in [4.69, 9.17) is 0 Å². The average Bonchev–Trinajstić information content (AvgIpc) is 2.79. The number of hydrogen-bond donors (Lipinski definition) is 4. The van der Waals surface area contributed by atoms with Crippen LogP contribution in [-0.4, -0.2) is 27.0 Å². The Morgan fingerprint density at radius 1 is 0.865 bits per heavy atom. The van der Waals surface area contributed by atoms with Crippen LogP contribution in [0.5, 0.6) is 0 Å². The van der Waals surface area contributed by atoms with Crippen LogP contribution in [0.15, 0.2) is 71.6 Å². The summed E-state index contributed by atoms with van der Waals surface area (Å²) in [5.74, 6) is -1.51. The largest absolute Gasteiger partial charge is 0.419 e. The molecule has 8 nitrogen and oxygen atoms in total. The van der Waals surface area contributed by atoms with Crippen LogP contribution in [0.3, 0.4) is 0 Å². The van der Waals surface area contributed by atoms with Gasteiger partial charge in [-0.25, -0.2) is 27.1 Å². The molecule has 0 bridgehead atoms. The fourth-order valence-corrected chi connectivity index (χ4v) is 4.44. The van der Waals surface area contributed by atoms with Gasteiger partial charge < -0.3 is 16.0 Å². The van der Waals surface area contributed by atoms with Gasteiger partial charge in [0.05, 0.1) is 10.5 Å². The molecule has 0 aromatic heterocycles. The summed E-state index contributed by atoms with van der Waals surface area (Å²) in [4.78, 5) is 24.1. The predicted octanol–water partition coefficient (Wildman–Crippen LogP) is 5.03. The van der Waals surface area contributed by atoms with E-state index in [1.54, 1.807) is 49.4 Å². The lowest BCUT2D eigenvalue weighted by Gasteiger charge is -2.12. The third kappa shape index (κ3) is 7.67. The second-order valence-electron chi connectivity index (χ2n) is 7.85. The van der Waals surface area contributed by atoms with Crippen molar-refractivity contribution in [3.63, 3.8) is 0 Å². The van der Waals surface area contributed by atoms with Crippen molar-refractivity contribution in [3.05, 3.63) is 89.2 Å². The van der Waals surface area contributed by atoms with Gasteiger partial charge in [0.2, 0.25) is 0 Å². The molecule has 3 aromatic carbocycles. The van der Waals surface area contributed by atoms with Gasteiger partial charge in [-0.2, -0.15) is 13.2 Å². The molecule has 0 heterocycles. The maximum absolute atomic E-state index is 13.6. The van der Waals surface area contributed by atoms with Gasteiger partial charge >= 0.3 is 18.2 Å². The van der Waals surface area contributed by atoms with Crippen molar-refractivity contribution in [3.8, 4) is 0 Å². The number of anilines is 2. The van der Waals surface area contributed by atoms with Gasteiger partial charge in [-0.05, 0) is 60.9 Å². The van der Waals surface area contributed by atoms with Crippen molar-refractivity contribution in [2.45, 2.75) is 24.4 Å². The smallest absolute Gasteiger partial charge is 0.337 e. The molecule has 0 radical (unpaired) electrons. The van der Waals surface area contributed by atoms with Crippen LogP contribution in [-0.2, 0) is 22.6 Å². The number of aryl methyl sites for hydroxylation is 1. The average molecular weight is 539 g/mol. The van der Waals surface area contributed by atoms with Crippen LogP contribution in [0.2, 0.25) is 0 Å². The van der Waals surface area contributed by atoms with Gasteiger partial charge in [-0.1, -0.05) is 30.3 Å². The number of amides is 4. The number of benzene rings is 3. The number of halogens is 4. The van der Waals surface area contributed by atoms with E-state index in [0.29, 0.717) is 29.8 Å². The molecule has 0 saturated heterocycles. The van der Waals surface area contributed by atoms with Crippen LogP contribution >= 0.6 is 0 Å². The summed E-state index contributed by atoms with van der Waals surface area (Å²) < 4.78 is 78.2. The van der Waals surface area contributed by atoms with Crippen LogP contribution < -0.4 is 20.7 Å². The van der Waals surface area contributed by atoms with Gasteiger partial charge in [0, 0.05) is 17.9 Å². The van der Waals surface area contributed by atoms with Crippen LogP contribution in [0.1, 0.15) is 16.7 Å². The minimum absolute atomic E-state index is 0.000678. The van der Waals surface area contributed by atoms with E-state index in [1.165, 1.54) is 6.07 Å². The quantitative estimate of drug-likeness (QED) is 0.316. The highest BCUT2D eigenvalue weighted by atomic mass is 32.2. The first-order valence-corrected chi connectivity index (χ1v) is 12.2.